The Balaban J connectivity index is 1.95. The third-order valence-corrected chi connectivity index (χ3v) is 4.73. The number of halogens is 1. The van der Waals surface area contributed by atoms with Crippen molar-refractivity contribution in [1.29, 1.82) is 0 Å². The van der Waals surface area contributed by atoms with Crippen LogP contribution >= 0.6 is 15.9 Å². The molecule has 0 bridgehead atoms. The van der Waals surface area contributed by atoms with Crippen LogP contribution < -0.4 is 5.32 Å². The Morgan fingerprint density at radius 2 is 2.11 bits per heavy atom. The number of benzene rings is 1. The van der Waals surface area contributed by atoms with Gasteiger partial charge in [-0.25, -0.2) is 0 Å². The van der Waals surface area contributed by atoms with Crippen molar-refractivity contribution >= 4 is 15.9 Å². The second-order valence-corrected chi connectivity index (χ2v) is 6.70. The van der Waals surface area contributed by atoms with E-state index in [-0.39, 0.29) is 5.60 Å². The molecule has 0 aromatic heterocycles. The van der Waals surface area contributed by atoms with Gasteiger partial charge >= 0.3 is 0 Å². The third kappa shape index (κ3) is 4.04. The molecular weight excluding hydrogens is 302 g/mol. The molecule has 2 nitrogen and oxygen atoms in total. The predicted octanol–water partition coefficient (Wildman–Crippen LogP) is 4.45. The zero-order valence-corrected chi connectivity index (χ0v) is 13.7. The molecule has 1 heterocycles. The van der Waals surface area contributed by atoms with Crippen LogP contribution in [-0.2, 0) is 4.74 Å². The molecule has 3 atom stereocenters. The molecule has 0 amide bonds. The van der Waals surface area contributed by atoms with E-state index in [4.69, 9.17) is 4.74 Å². The van der Waals surface area contributed by atoms with Gasteiger partial charge in [0.15, 0.2) is 0 Å². The van der Waals surface area contributed by atoms with Gasteiger partial charge in [-0.05, 0) is 50.8 Å². The average Bonchev–Trinajstić information content (AvgIpc) is 2.39. The monoisotopic (exact) mass is 325 g/mol. The first-order chi connectivity index (χ1) is 9.02. The lowest BCUT2D eigenvalue weighted by molar-refractivity contribution is -0.0789. The highest BCUT2D eigenvalue weighted by Gasteiger charge is 2.32. The molecule has 2 unspecified atom stereocenters. The number of rotatable bonds is 4. The Morgan fingerprint density at radius 1 is 1.42 bits per heavy atom. The van der Waals surface area contributed by atoms with Gasteiger partial charge in [-0.15, -0.1) is 0 Å². The van der Waals surface area contributed by atoms with Crippen LogP contribution in [0.3, 0.4) is 0 Å². The van der Waals surface area contributed by atoms with Crippen molar-refractivity contribution < 1.29 is 4.74 Å². The van der Waals surface area contributed by atoms with Crippen molar-refractivity contribution in [3.63, 3.8) is 0 Å². The predicted molar refractivity (Wildman–Crippen MR) is 83.4 cm³/mol. The van der Waals surface area contributed by atoms with Gasteiger partial charge in [0.1, 0.15) is 0 Å². The molecule has 106 valence electrons. The van der Waals surface area contributed by atoms with E-state index in [9.17, 15) is 0 Å². The molecule has 0 radical (unpaired) electrons. The second-order valence-electron chi connectivity index (χ2n) is 5.78. The van der Waals surface area contributed by atoms with Crippen LogP contribution in [0, 0.1) is 0 Å². The summed E-state index contributed by atoms with van der Waals surface area (Å²) in [6.45, 7) is 7.54. The van der Waals surface area contributed by atoms with Crippen LogP contribution in [0.5, 0.6) is 0 Å². The Labute approximate surface area is 125 Å². The minimum Gasteiger partial charge on any atom is -0.375 e. The van der Waals surface area contributed by atoms with Crippen LogP contribution in [0.25, 0.3) is 0 Å². The molecule has 1 aliphatic rings. The summed E-state index contributed by atoms with van der Waals surface area (Å²) in [5, 5.41) is 3.75. The lowest BCUT2D eigenvalue weighted by atomic mass is 9.89. The first-order valence-electron chi connectivity index (χ1n) is 7.18. The van der Waals surface area contributed by atoms with Gasteiger partial charge in [-0.1, -0.05) is 35.0 Å². The van der Waals surface area contributed by atoms with Gasteiger partial charge in [0.05, 0.1) is 5.60 Å². The molecule has 0 spiro atoms. The van der Waals surface area contributed by atoms with E-state index in [0.717, 1.165) is 30.3 Å². The zero-order chi connectivity index (χ0) is 13.9. The maximum absolute atomic E-state index is 5.90. The Kier molecular flexibility index (Phi) is 5.04. The minimum atomic E-state index is 0.0509. The fourth-order valence-corrected chi connectivity index (χ4v) is 2.98. The summed E-state index contributed by atoms with van der Waals surface area (Å²) in [5.74, 6) is 0. The molecule has 3 heteroatoms. The van der Waals surface area contributed by atoms with Gasteiger partial charge in [-0.3, -0.25) is 0 Å². The fourth-order valence-electron chi connectivity index (χ4n) is 2.72. The highest BCUT2D eigenvalue weighted by Crippen LogP contribution is 2.29. The molecule has 0 aliphatic carbocycles. The lowest BCUT2D eigenvalue weighted by Crippen LogP contribution is -2.45. The molecule has 1 saturated heterocycles. The third-order valence-electron chi connectivity index (χ3n) is 4.20. The van der Waals surface area contributed by atoms with Crippen LogP contribution in [0.15, 0.2) is 28.7 Å². The van der Waals surface area contributed by atoms with Crippen molar-refractivity contribution in [2.24, 2.45) is 0 Å². The summed E-state index contributed by atoms with van der Waals surface area (Å²) in [4.78, 5) is 0. The van der Waals surface area contributed by atoms with Gasteiger partial charge in [-0.2, -0.15) is 0 Å². The quantitative estimate of drug-likeness (QED) is 0.883. The normalized spacial score (nSPS) is 29.2. The number of ether oxygens (including phenoxy) is 1. The minimum absolute atomic E-state index is 0.0509. The lowest BCUT2D eigenvalue weighted by Gasteiger charge is -2.39. The first kappa shape index (κ1) is 15.0. The van der Waals surface area contributed by atoms with Crippen LogP contribution in [0.4, 0.5) is 0 Å². The second kappa shape index (κ2) is 6.38. The SMILES string of the molecule is CCC1(C)CC(N[C@@H](C)c2ccc(Br)cc2)CCO1. The summed E-state index contributed by atoms with van der Waals surface area (Å²) < 4.78 is 7.03. The van der Waals surface area contributed by atoms with Gasteiger partial charge in [0, 0.05) is 23.2 Å². The van der Waals surface area contributed by atoms with E-state index in [0.29, 0.717) is 12.1 Å². The van der Waals surface area contributed by atoms with Crippen molar-refractivity contribution in [2.75, 3.05) is 6.61 Å². The fraction of sp³-hybridized carbons (Fsp3) is 0.625. The Bertz CT molecular complexity index is 406. The summed E-state index contributed by atoms with van der Waals surface area (Å²) >= 11 is 3.48. The van der Waals surface area contributed by atoms with Crippen molar-refractivity contribution in [2.45, 2.75) is 57.7 Å². The topological polar surface area (TPSA) is 21.3 Å². The maximum Gasteiger partial charge on any atom is 0.0666 e. The van der Waals surface area contributed by atoms with Crippen LogP contribution in [-0.4, -0.2) is 18.2 Å². The first-order valence-corrected chi connectivity index (χ1v) is 7.97. The average molecular weight is 326 g/mol. The molecular formula is C16H24BrNO. The van der Waals surface area contributed by atoms with E-state index in [1.807, 2.05) is 0 Å². The smallest absolute Gasteiger partial charge is 0.0666 e. The van der Waals surface area contributed by atoms with Crippen molar-refractivity contribution in [3.8, 4) is 0 Å². The summed E-state index contributed by atoms with van der Waals surface area (Å²) in [6.07, 6.45) is 3.29. The maximum atomic E-state index is 5.90. The van der Waals surface area contributed by atoms with E-state index in [1.54, 1.807) is 0 Å². The highest BCUT2D eigenvalue weighted by molar-refractivity contribution is 9.10. The van der Waals surface area contributed by atoms with E-state index in [1.165, 1.54) is 5.56 Å². The number of hydrogen-bond acceptors (Lipinski definition) is 2. The molecule has 1 aliphatic heterocycles. The van der Waals surface area contributed by atoms with E-state index < -0.39 is 0 Å². The summed E-state index contributed by atoms with van der Waals surface area (Å²) in [5.41, 5.74) is 1.39. The number of hydrogen-bond donors (Lipinski definition) is 1. The van der Waals surface area contributed by atoms with Gasteiger partial charge < -0.3 is 10.1 Å². The molecule has 1 fully saturated rings. The zero-order valence-electron chi connectivity index (χ0n) is 12.1. The molecule has 1 aromatic rings. The Morgan fingerprint density at radius 3 is 2.74 bits per heavy atom. The van der Waals surface area contributed by atoms with Gasteiger partial charge in [0.25, 0.3) is 0 Å². The summed E-state index contributed by atoms with van der Waals surface area (Å²) in [7, 11) is 0. The molecule has 1 aromatic carbocycles. The van der Waals surface area contributed by atoms with Crippen LogP contribution in [0.2, 0.25) is 0 Å². The van der Waals surface area contributed by atoms with Crippen LogP contribution in [0.1, 0.15) is 51.6 Å². The Hall–Kier alpha value is -0.380. The molecule has 1 N–H and O–H groups in total. The largest absolute Gasteiger partial charge is 0.375 e. The van der Waals surface area contributed by atoms with E-state index >= 15 is 0 Å². The van der Waals surface area contributed by atoms with Crippen molar-refractivity contribution in [1.82, 2.24) is 5.32 Å². The molecule has 2 rings (SSSR count). The molecule has 19 heavy (non-hydrogen) atoms. The van der Waals surface area contributed by atoms with E-state index in [2.05, 4.69) is 66.3 Å². The number of nitrogens with one attached hydrogen (secondary N) is 1. The van der Waals surface area contributed by atoms with Crippen molar-refractivity contribution in [3.05, 3.63) is 34.3 Å². The molecule has 0 saturated carbocycles. The van der Waals surface area contributed by atoms with Gasteiger partial charge in [0.2, 0.25) is 0 Å². The summed E-state index contributed by atoms with van der Waals surface area (Å²) in [6, 6.07) is 9.51. The standard InChI is InChI=1S/C16H24BrNO/c1-4-16(3)11-15(9-10-19-16)18-12(2)13-5-7-14(17)8-6-13/h5-8,12,15,18H,4,9-11H2,1-3H3/t12-,15?,16?/m0/s1. The highest BCUT2D eigenvalue weighted by atomic mass is 79.9.